The molecule has 0 saturated carbocycles. The third kappa shape index (κ3) is 2.16. The standard InChI is InChI=1S/C16H17N3O/c1-11-13(6-7-20-11)10-19(2)16-14(9-17)8-12-4-3-5-15(12)18-16/h6-8H,3-5,10H2,1-2H3. The van der Waals surface area contributed by atoms with E-state index in [1.807, 2.05) is 31.0 Å². The lowest BCUT2D eigenvalue weighted by Crippen LogP contribution is -2.19. The van der Waals surface area contributed by atoms with Gasteiger partial charge >= 0.3 is 0 Å². The number of pyridine rings is 1. The van der Waals surface area contributed by atoms with Crippen LogP contribution in [0.5, 0.6) is 0 Å². The number of aromatic nitrogens is 1. The molecule has 4 nitrogen and oxygen atoms in total. The Morgan fingerprint density at radius 1 is 1.45 bits per heavy atom. The second kappa shape index (κ2) is 5.01. The van der Waals surface area contributed by atoms with E-state index < -0.39 is 0 Å². The first-order valence-corrected chi connectivity index (χ1v) is 6.86. The fourth-order valence-electron chi connectivity index (χ4n) is 2.74. The van der Waals surface area contributed by atoms with E-state index in [0.29, 0.717) is 12.1 Å². The summed E-state index contributed by atoms with van der Waals surface area (Å²) in [5, 5.41) is 9.34. The lowest BCUT2D eigenvalue weighted by Gasteiger charge is -2.20. The summed E-state index contributed by atoms with van der Waals surface area (Å²) < 4.78 is 5.32. The van der Waals surface area contributed by atoms with E-state index in [0.717, 1.165) is 42.1 Å². The largest absolute Gasteiger partial charge is 0.469 e. The van der Waals surface area contributed by atoms with Crippen molar-refractivity contribution < 1.29 is 4.42 Å². The Kier molecular flexibility index (Phi) is 3.19. The van der Waals surface area contributed by atoms with E-state index >= 15 is 0 Å². The minimum atomic E-state index is 0.661. The lowest BCUT2D eigenvalue weighted by molar-refractivity contribution is 0.529. The molecular formula is C16H17N3O. The van der Waals surface area contributed by atoms with Crippen LogP contribution in [-0.2, 0) is 19.4 Å². The molecular weight excluding hydrogens is 250 g/mol. The summed E-state index contributed by atoms with van der Waals surface area (Å²) in [5.74, 6) is 1.69. The smallest absolute Gasteiger partial charge is 0.146 e. The predicted octanol–water partition coefficient (Wildman–Crippen LogP) is 2.98. The van der Waals surface area contributed by atoms with Crippen LogP contribution in [0.4, 0.5) is 5.82 Å². The second-order valence-corrected chi connectivity index (χ2v) is 5.29. The van der Waals surface area contributed by atoms with Crippen LogP contribution < -0.4 is 4.90 Å². The second-order valence-electron chi connectivity index (χ2n) is 5.29. The number of rotatable bonds is 3. The number of aryl methyl sites for hydroxylation is 3. The monoisotopic (exact) mass is 267 g/mol. The van der Waals surface area contributed by atoms with Crippen molar-refractivity contribution in [3.8, 4) is 6.07 Å². The van der Waals surface area contributed by atoms with Crippen molar-refractivity contribution in [3.05, 3.63) is 46.5 Å². The van der Waals surface area contributed by atoms with Gasteiger partial charge in [0.25, 0.3) is 0 Å². The summed E-state index contributed by atoms with van der Waals surface area (Å²) in [6, 6.07) is 6.24. The Hall–Kier alpha value is -2.28. The van der Waals surface area contributed by atoms with E-state index in [4.69, 9.17) is 9.40 Å². The number of nitrogens with zero attached hydrogens (tertiary/aromatic N) is 3. The molecule has 1 aliphatic rings. The van der Waals surface area contributed by atoms with E-state index in [9.17, 15) is 5.26 Å². The maximum atomic E-state index is 9.34. The van der Waals surface area contributed by atoms with Crippen LogP contribution in [-0.4, -0.2) is 12.0 Å². The molecule has 0 amide bonds. The topological polar surface area (TPSA) is 53.1 Å². The van der Waals surface area contributed by atoms with E-state index in [-0.39, 0.29) is 0 Å². The van der Waals surface area contributed by atoms with Crippen LogP contribution >= 0.6 is 0 Å². The average Bonchev–Trinajstić information content (AvgIpc) is 3.06. The summed E-state index contributed by atoms with van der Waals surface area (Å²) in [7, 11) is 1.97. The predicted molar refractivity (Wildman–Crippen MR) is 76.5 cm³/mol. The fourth-order valence-corrected chi connectivity index (χ4v) is 2.74. The average molecular weight is 267 g/mol. The minimum Gasteiger partial charge on any atom is -0.469 e. The Morgan fingerprint density at radius 3 is 3.00 bits per heavy atom. The Bertz CT molecular complexity index is 682. The number of anilines is 1. The van der Waals surface area contributed by atoms with Crippen molar-refractivity contribution in [1.29, 1.82) is 5.26 Å². The van der Waals surface area contributed by atoms with Gasteiger partial charge in [0, 0.05) is 24.8 Å². The summed E-state index contributed by atoms with van der Waals surface area (Å²) in [4.78, 5) is 6.73. The van der Waals surface area contributed by atoms with Gasteiger partial charge in [0.2, 0.25) is 0 Å². The molecule has 4 heteroatoms. The molecule has 0 saturated heterocycles. The van der Waals surface area contributed by atoms with Gasteiger partial charge in [-0.15, -0.1) is 0 Å². The number of furan rings is 1. The van der Waals surface area contributed by atoms with Gasteiger partial charge in [0.05, 0.1) is 11.8 Å². The number of hydrogen-bond donors (Lipinski definition) is 0. The molecule has 0 atom stereocenters. The van der Waals surface area contributed by atoms with Crippen molar-refractivity contribution in [2.75, 3.05) is 11.9 Å². The van der Waals surface area contributed by atoms with Crippen molar-refractivity contribution in [1.82, 2.24) is 4.98 Å². The Morgan fingerprint density at radius 2 is 2.30 bits per heavy atom. The van der Waals surface area contributed by atoms with Crippen molar-refractivity contribution in [2.45, 2.75) is 32.7 Å². The quantitative estimate of drug-likeness (QED) is 0.858. The molecule has 2 heterocycles. The molecule has 3 rings (SSSR count). The molecule has 0 unspecified atom stereocenters. The van der Waals surface area contributed by atoms with Gasteiger partial charge in [0.15, 0.2) is 0 Å². The zero-order chi connectivity index (χ0) is 14.1. The van der Waals surface area contributed by atoms with Gasteiger partial charge in [-0.3, -0.25) is 0 Å². The first kappa shape index (κ1) is 12.7. The normalized spacial score (nSPS) is 13.1. The van der Waals surface area contributed by atoms with Crippen molar-refractivity contribution in [3.63, 3.8) is 0 Å². The molecule has 0 fully saturated rings. The van der Waals surface area contributed by atoms with E-state index in [1.165, 1.54) is 5.56 Å². The summed E-state index contributed by atoms with van der Waals surface area (Å²) >= 11 is 0. The van der Waals surface area contributed by atoms with Gasteiger partial charge in [-0.25, -0.2) is 4.98 Å². The SMILES string of the molecule is Cc1occc1CN(C)c1nc2c(cc1C#N)CCC2. The van der Waals surface area contributed by atoms with Gasteiger partial charge in [-0.2, -0.15) is 5.26 Å². The maximum Gasteiger partial charge on any atom is 0.146 e. The zero-order valence-corrected chi connectivity index (χ0v) is 11.8. The van der Waals surface area contributed by atoms with Gasteiger partial charge in [-0.1, -0.05) is 0 Å². The molecule has 0 bridgehead atoms. The molecule has 0 aromatic carbocycles. The molecule has 20 heavy (non-hydrogen) atoms. The third-order valence-electron chi connectivity index (χ3n) is 3.89. The first-order chi connectivity index (χ1) is 9.69. The van der Waals surface area contributed by atoms with Crippen LogP contribution in [0.15, 0.2) is 22.8 Å². The molecule has 0 aliphatic heterocycles. The maximum absolute atomic E-state index is 9.34. The van der Waals surface area contributed by atoms with Crippen LogP contribution in [0.3, 0.4) is 0 Å². The zero-order valence-electron chi connectivity index (χ0n) is 11.8. The highest BCUT2D eigenvalue weighted by molar-refractivity contribution is 5.56. The van der Waals surface area contributed by atoms with Crippen LogP contribution in [0, 0.1) is 18.3 Å². The first-order valence-electron chi connectivity index (χ1n) is 6.86. The highest BCUT2D eigenvalue weighted by Gasteiger charge is 2.19. The summed E-state index contributed by atoms with van der Waals surface area (Å²) in [5.41, 5.74) is 4.17. The Balaban J connectivity index is 1.93. The van der Waals surface area contributed by atoms with Crippen LogP contribution in [0.2, 0.25) is 0 Å². The van der Waals surface area contributed by atoms with E-state index in [1.54, 1.807) is 6.26 Å². The molecule has 1 aliphatic carbocycles. The molecule has 102 valence electrons. The fraction of sp³-hybridized carbons (Fsp3) is 0.375. The van der Waals surface area contributed by atoms with Crippen LogP contribution in [0.1, 0.15) is 34.6 Å². The number of nitriles is 1. The van der Waals surface area contributed by atoms with Crippen LogP contribution in [0.25, 0.3) is 0 Å². The van der Waals surface area contributed by atoms with Gasteiger partial charge in [0.1, 0.15) is 17.6 Å². The highest BCUT2D eigenvalue weighted by atomic mass is 16.3. The van der Waals surface area contributed by atoms with Crippen molar-refractivity contribution in [2.24, 2.45) is 0 Å². The summed E-state index contributed by atoms with van der Waals surface area (Å²) in [6.45, 7) is 2.65. The van der Waals surface area contributed by atoms with E-state index in [2.05, 4.69) is 6.07 Å². The number of hydrogen-bond acceptors (Lipinski definition) is 4. The minimum absolute atomic E-state index is 0.661. The molecule has 0 radical (unpaired) electrons. The Labute approximate surface area is 118 Å². The number of fused-ring (bicyclic) bond motifs is 1. The summed E-state index contributed by atoms with van der Waals surface area (Å²) in [6.07, 6.45) is 4.90. The lowest BCUT2D eigenvalue weighted by atomic mass is 10.1. The molecule has 0 spiro atoms. The van der Waals surface area contributed by atoms with Crippen molar-refractivity contribution >= 4 is 5.82 Å². The highest BCUT2D eigenvalue weighted by Crippen LogP contribution is 2.27. The molecule has 0 N–H and O–H groups in total. The van der Waals surface area contributed by atoms with Gasteiger partial charge < -0.3 is 9.32 Å². The third-order valence-corrected chi connectivity index (χ3v) is 3.89. The molecule has 2 aromatic heterocycles. The van der Waals surface area contributed by atoms with Gasteiger partial charge in [-0.05, 0) is 43.9 Å². The molecule has 2 aromatic rings.